The van der Waals surface area contributed by atoms with Gasteiger partial charge in [-0.1, -0.05) is 0 Å². The van der Waals surface area contributed by atoms with Crippen LogP contribution in [-0.4, -0.2) is 34.3 Å². The minimum Gasteiger partial charge on any atom is -0.328 e. The van der Waals surface area contributed by atoms with Crippen molar-refractivity contribution < 1.29 is 0 Å². The average molecular weight is 210 g/mol. The second-order valence-electron chi connectivity index (χ2n) is 4.38. The number of nitrogens with two attached hydrogens (primary N) is 1. The van der Waals surface area contributed by atoms with Crippen LogP contribution in [0.2, 0.25) is 0 Å². The zero-order valence-electron chi connectivity index (χ0n) is 9.98. The lowest BCUT2D eigenvalue weighted by Crippen LogP contribution is -2.22. The first-order valence-corrected chi connectivity index (χ1v) is 5.49. The third kappa shape index (κ3) is 4.95. The molecule has 0 aliphatic rings. The van der Waals surface area contributed by atoms with Crippen molar-refractivity contribution in [2.45, 2.75) is 32.4 Å². The summed E-state index contributed by atoms with van der Waals surface area (Å²) in [6.45, 7) is 4.12. The fraction of sp³-hybridized carbons (Fsp3) is 0.727. The maximum absolute atomic E-state index is 5.70. The Morgan fingerprint density at radius 3 is 2.87 bits per heavy atom. The van der Waals surface area contributed by atoms with E-state index in [1.807, 2.05) is 17.9 Å². The van der Waals surface area contributed by atoms with Crippen molar-refractivity contribution in [3.05, 3.63) is 18.0 Å². The first-order valence-electron chi connectivity index (χ1n) is 5.49. The molecule has 0 amide bonds. The van der Waals surface area contributed by atoms with E-state index in [-0.39, 0.29) is 0 Å². The molecule has 86 valence electrons. The Bertz CT molecular complexity index is 280. The normalized spacial score (nSPS) is 13.4. The van der Waals surface area contributed by atoms with Crippen molar-refractivity contribution in [1.82, 2.24) is 14.7 Å². The minimum atomic E-state index is 0.316. The topological polar surface area (TPSA) is 47.1 Å². The molecule has 1 aromatic rings. The van der Waals surface area contributed by atoms with Crippen LogP contribution < -0.4 is 5.73 Å². The molecule has 0 spiro atoms. The lowest BCUT2D eigenvalue weighted by Gasteiger charge is -2.15. The summed E-state index contributed by atoms with van der Waals surface area (Å²) < 4.78 is 1.84. The first-order chi connectivity index (χ1) is 7.08. The third-order valence-corrected chi connectivity index (χ3v) is 2.41. The molecule has 0 bridgehead atoms. The number of rotatable bonds is 6. The van der Waals surface area contributed by atoms with Crippen LogP contribution in [0.3, 0.4) is 0 Å². The van der Waals surface area contributed by atoms with E-state index in [1.165, 1.54) is 5.56 Å². The monoisotopic (exact) mass is 210 g/mol. The molecule has 1 unspecified atom stereocenters. The summed E-state index contributed by atoms with van der Waals surface area (Å²) >= 11 is 0. The molecule has 1 rings (SSSR count). The summed E-state index contributed by atoms with van der Waals surface area (Å²) in [4.78, 5) is 2.30. The fourth-order valence-corrected chi connectivity index (χ4v) is 1.63. The van der Waals surface area contributed by atoms with Crippen LogP contribution in [0.25, 0.3) is 0 Å². The molecule has 4 nitrogen and oxygen atoms in total. The minimum absolute atomic E-state index is 0.316. The lowest BCUT2D eigenvalue weighted by molar-refractivity contribution is 0.315. The third-order valence-electron chi connectivity index (χ3n) is 2.41. The molecule has 0 aromatic carbocycles. The Morgan fingerprint density at radius 2 is 2.33 bits per heavy atom. The smallest absolute Gasteiger partial charge is 0.0534 e. The maximum Gasteiger partial charge on any atom is 0.0534 e. The Balaban J connectivity index is 2.21. The zero-order valence-corrected chi connectivity index (χ0v) is 9.98. The van der Waals surface area contributed by atoms with Gasteiger partial charge < -0.3 is 10.6 Å². The van der Waals surface area contributed by atoms with E-state index in [9.17, 15) is 0 Å². The summed E-state index contributed by atoms with van der Waals surface area (Å²) in [5.41, 5.74) is 6.97. The Labute approximate surface area is 92.1 Å². The molecule has 0 aliphatic carbocycles. The van der Waals surface area contributed by atoms with Gasteiger partial charge in [0.05, 0.1) is 6.20 Å². The highest BCUT2D eigenvalue weighted by molar-refractivity contribution is 5.02. The van der Waals surface area contributed by atoms with Gasteiger partial charge >= 0.3 is 0 Å². The molecular weight excluding hydrogens is 188 g/mol. The van der Waals surface area contributed by atoms with Crippen molar-refractivity contribution in [3.8, 4) is 0 Å². The highest BCUT2D eigenvalue weighted by Gasteiger charge is 2.02. The summed E-state index contributed by atoms with van der Waals surface area (Å²) in [7, 11) is 4.08. The molecule has 0 saturated heterocycles. The van der Waals surface area contributed by atoms with E-state index in [1.54, 1.807) is 0 Å². The Kier molecular flexibility index (Phi) is 4.78. The molecule has 0 radical (unpaired) electrons. The van der Waals surface area contributed by atoms with Crippen LogP contribution in [0, 0.1) is 0 Å². The fourth-order valence-electron chi connectivity index (χ4n) is 1.63. The quantitative estimate of drug-likeness (QED) is 0.761. The van der Waals surface area contributed by atoms with Crippen molar-refractivity contribution >= 4 is 0 Å². The number of aryl methyl sites for hydroxylation is 1. The van der Waals surface area contributed by atoms with Gasteiger partial charge in [-0.2, -0.15) is 5.10 Å². The summed E-state index contributed by atoms with van der Waals surface area (Å²) in [5.74, 6) is 0. The molecule has 1 heterocycles. The Hall–Kier alpha value is -0.870. The molecule has 2 N–H and O–H groups in total. The molecule has 15 heavy (non-hydrogen) atoms. The van der Waals surface area contributed by atoms with Crippen molar-refractivity contribution in [2.75, 3.05) is 13.6 Å². The van der Waals surface area contributed by atoms with Crippen molar-refractivity contribution in [2.24, 2.45) is 12.8 Å². The van der Waals surface area contributed by atoms with E-state index in [4.69, 9.17) is 5.73 Å². The Morgan fingerprint density at radius 1 is 1.60 bits per heavy atom. The van der Waals surface area contributed by atoms with Gasteiger partial charge in [0.25, 0.3) is 0 Å². The van der Waals surface area contributed by atoms with Gasteiger partial charge in [-0.25, -0.2) is 0 Å². The molecule has 1 aromatic heterocycles. The first kappa shape index (κ1) is 12.2. The van der Waals surface area contributed by atoms with Crippen LogP contribution >= 0.6 is 0 Å². The van der Waals surface area contributed by atoms with E-state index in [0.717, 1.165) is 25.9 Å². The summed E-state index contributed by atoms with van der Waals surface area (Å²) in [5, 5.41) is 4.15. The predicted molar refractivity (Wildman–Crippen MR) is 62.4 cm³/mol. The second kappa shape index (κ2) is 5.88. The highest BCUT2D eigenvalue weighted by atomic mass is 15.2. The summed E-state index contributed by atoms with van der Waals surface area (Å²) in [6, 6.07) is 0.316. The zero-order chi connectivity index (χ0) is 11.3. The maximum atomic E-state index is 5.70. The van der Waals surface area contributed by atoms with E-state index in [2.05, 4.69) is 30.2 Å². The average Bonchev–Trinajstić information content (AvgIpc) is 2.50. The number of hydrogen-bond acceptors (Lipinski definition) is 3. The lowest BCUT2D eigenvalue weighted by atomic mass is 10.2. The van der Waals surface area contributed by atoms with E-state index < -0.39 is 0 Å². The molecule has 0 fully saturated rings. The molecule has 1 atom stereocenters. The van der Waals surface area contributed by atoms with E-state index >= 15 is 0 Å². The van der Waals surface area contributed by atoms with Gasteiger partial charge in [0, 0.05) is 31.4 Å². The largest absolute Gasteiger partial charge is 0.328 e. The van der Waals surface area contributed by atoms with E-state index in [0.29, 0.717) is 6.04 Å². The van der Waals surface area contributed by atoms with Crippen molar-refractivity contribution in [1.29, 1.82) is 0 Å². The predicted octanol–water partition coefficient (Wildman–Crippen LogP) is 0.979. The number of nitrogens with zero attached hydrogens (tertiary/aromatic N) is 3. The summed E-state index contributed by atoms with van der Waals surface area (Å²) in [6.07, 6.45) is 6.23. The molecular formula is C11H22N4. The van der Waals surface area contributed by atoms with Crippen LogP contribution in [0.1, 0.15) is 25.3 Å². The molecule has 0 aliphatic heterocycles. The number of hydrogen-bond donors (Lipinski definition) is 1. The SMILES string of the molecule is CC(N)CCCN(C)Cc1cnn(C)c1. The molecule has 4 heteroatoms. The van der Waals surface area contributed by atoms with Crippen LogP contribution in [0.15, 0.2) is 12.4 Å². The molecule has 0 saturated carbocycles. The van der Waals surface area contributed by atoms with Crippen molar-refractivity contribution in [3.63, 3.8) is 0 Å². The van der Waals surface area contributed by atoms with Gasteiger partial charge in [-0.05, 0) is 33.4 Å². The standard InChI is InChI=1S/C11H22N4/c1-10(12)5-4-6-14(2)8-11-7-13-15(3)9-11/h7,9-10H,4-6,8,12H2,1-3H3. The number of aromatic nitrogens is 2. The van der Waals surface area contributed by atoms with Gasteiger partial charge in [-0.15, -0.1) is 0 Å². The van der Waals surface area contributed by atoms with Gasteiger partial charge in [0.2, 0.25) is 0 Å². The van der Waals surface area contributed by atoms with Crippen LogP contribution in [0.5, 0.6) is 0 Å². The second-order valence-corrected chi connectivity index (χ2v) is 4.38. The van der Waals surface area contributed by atoms with Gasteiger partial charge in [-0.3, -0.25) is 4.68 Å². The van der Waals surface area contributed by atoms with Crippen LogP contribution in [0.4, 0.5) is 0 Å². The highest BCUT2D eigenvalue weighted by Crippen LogP contribution is 2.03. The van der Waals surface area contributed by atoms with Gasteiger partial charge in [0.1, 0.15) is 0 Å². The van der Waals surface area contributed by atoms with Gasteiger partial charge in [0.15, 0.2) is 0 Å². The van der Waals surface area contributed by atoms with Crippen LogP contribution in [-0.2, 0) is 13.6 Å².